The molecular formula is C21H22N4O2S. The van der Waals surface area contributed by atoms with Crippen LogP contribution in [0.2, 0.25) is 0 Å². The molecule has 3 aromatic heterocycles. The average molecular weight is 395 g/mol. The van der Waals surface area contributed by atoms with Crippen molar-refractivity contribution in [1.82, 2.24) is 20.2 Å². The van der Waals surface area contributed by atoms with E-state index >= 15 is 0 Å². The fourth-order valence-electron chi connectivity index (χ4n) is 3.79. The number of aryl methyl sites for hydroxylation is 1. The summed E-state index contributed by atoms with van der Waals surface area (Å²) in [5.41, 5.74) is 2.60. The predicted molar refractivity (Wildman–Crippen MR) is 110 cm³/mol. The van der Waals surface area contributed by atoms with E-state index < -0.39 is 0 Å². The summed E-state index contributed by atoms with van der Waals surface area (Å²) in [6.07, 6.45) is 5.06. The molecule has 0 atom stereocenters. The fourth-order valence-corrected chi connectivity index (χ4v) is 4.96. The quantitative estimate of drug-likeness (QED) is 0.739. The van der Waals surface area contributed by atoms with E-state index in [4.69, 9.17) is 0 Å². The Morgan fingerprint density at radius 1 is 1.18 bits per heavy atom. The molecule has 0 unspecified atom stereocenters. The minimum absolute atomic E-state index is 0.0225. The molecule has 0 spiro atoms. The lowest BCUT2D eigenvalue weighted by molar-refractivity contribution is 0.0711. The van der Waals surface area contributed by atoms with Crippen LogP contribution in [0.4, 0.5) is 0 Å². The second kappa shape index (κ2) is 7.67. The third kappa shape index (κ3) is 3.38. The summed E-state index contributed by atoms with van der Waals surface area (Å²) in [4.78, 5) is 37.4. The normalized spacial score (nSPS) is 15.0. The number of carbonyl (C=O) groups is 2. The largest absolute Gasteiger partial charge is 0.354 e. The third-order valence-corrected chi connectivity index (χ3v) is 6.41. The van der Waals surface area contributed by atoms with Crippen molar-refractivity contribution in [3.05, 3.63) is 58.4 Å². The van der Waals surface area contributed by atoms with Crippen LogP contribution in [-0.4, -0.2) is 46.8 Å². The molecule has 2 amide bonds. The van der Waals surface area contributed by atoms with Gasteiger partial charge in [-0.05, 0) is 49.4 Å². The molecule has 1 fully saturated rings. The lowest BCUT2D eigenvalue weighted by Crippen LogP contribution is -2.38. The van der Waals surface area contributed by atoms with Crippen LogP contribution in [0, 0.1) is 6.92 Å². The van der Waals surface area contributed by atoms with Gasteiger partial charge < -0.3 is 10.2 Å². The van der Waals surface area contributed by atoms with Gasteiger partial charge in [-0.15, -0.1) is 11.3 Å². The first-order valence-electron chi connectivity index (χ1n) is 9.40. The van der Waals surface area contributed by atoms with Crippen LogP contribution in [0.25, 0.3) is 10.2 Å². The number of rotatable bonds is 3. The Hall–Kier alpha value is -2.80. The van der Waals surface area contributed by atoms with E-state index in [1.807, 2.05) is 36.1 Å². The number of thiophene rings is 1. The first-order chi connectivity index (χ1) is 13.6. The van der Waals surface area contributed by atoms with Gasteiger partial charge in [0.15, 0.2) is 0 Å². The second-order valence-electron chi connectivity index (χ2n) is 7.03. The Morgan fingerprint density at radius 2 is 1.96 bits per heavy atom. The first-order valence-corrected chi connectivity index (χ1v) is 10.2. The number of hydrogen-bond acceptors (Lipinski definition) is 5. The minimum Gasteiger partial charge on any atom is -0.354 e. The molecular weight excluding hydrogens is 372 g/mol. The number of carbonyl (C=O) groups excluding carboxylic acids is 2. The van der Waals surface area contributed by atoms with Crippen molar-refractivity contribution in [2.75, 3.05) is 20.1 Å². The van der Waals surface area contributed by atoms with E-state index in [9.17, 15) is 9.59 Å². The van der Waals surface area contributed by atoms with Gasteiger partial charge in [0.05, 0.1) is 10.4 Å². The topological polar surface area (TPSA) is 75.2 Å². The second-order valence-corrected chi connectivity index (χ2v) is 8.03. The Balaban J connectivity index is 1.56. The Bertz CT molecular complexity index is 1020. The van der Waals surface area contributed by atoms with Crippen molar-refractivity contribution >= 4 is 33.4 Å². The molecule has 1 aliphatic heterocycles. The van der Waals surface area contributed by atoms with Crippen molar-refractivity contribution in [2.24, 2.45) is 0 Å². The summed E-state index contributed by atoms with van der Waals surface area (Å²) in [6, 6.07) is 7.64. The van der Waals surface area contributed by atoms with Crippen LogP contribution in [0.15, 0.2) is 36.7 Å². The molecule has 0 bridgehead atoms. The molecule has 144 valence electrons. The lowest BCUT2D eigenvalue weighted by Gasteiger charge is -2.32. The van der Waals surface area contributed by atoms with Crippen molar-refractivity contribution in [1.29, 1.82) is 0 Å². The minimum atomic E-state index is -0.0674. The SMILES string of the molecule is CNC(=O)c1sc2ncccc2c1C1CCN(C(=O)c2ccc(C)nc2)CC1. The highest BCUT2D eigenvalue weighted by atomic mass is 32.1. The zero-order valence-corrected chi connectivity index (χ0v) is 16.8. The molecule has 1 saturated heterocycles. The molecule has 0 aliphatic carbocycles. The fraction of sp³-hybridized carbons (Fsp3) is 0.333. The standard InChI is InChI=1S/C21H22N4O2S/c1-13-5-6-15(12-24-13)21(27)25-10-7-14(8-11-25)17-16-4-3-9-23-20(16)28-18(17)19(26)22-2/h3-6,9,12,14H,7-8,10-11H2,1-2H3,(H,22,26). The van der Waals surface area contributed by atoms with Gasteiger partial charge in [0.2, 0.25) is 0 Å². The summed E-state index contributed by atoms with van der Waals surface area (Å²) in [5, 5.41) is 3.80. The lowest BCUT2D eigenvalue weighted by atomic mass is 9.87. The van der Waals surface area contributed by atoms with Gasteiger partial charge in [0, 0.05) is 43.6 Å². The number of hydrogen-bond donors (Lipinski definition) is 1. The van der Waals surface area contributed by atoms with Crippen molar-refractivity contribution in [3.63, 3.8) is 0 Å². The van der Waals surface area contributed by atoms with E-state index in [0.29, 0.717) is 18.7 Å². The van der Waals surface area contributed by atoms with Crippen molar-refractivity contribution in [2.45, 2.75) is 25.7 Å². The van der Waals surface area contributed by atoms with Gasteiger partial charge in [0.1, 0.15) is 4.83 Å². The van der Waals surface area contributed by atoms with Gasteiger partial charge in [-0.1, -0.05) is 6.07 Å². The average Bonchev–Trinajstić information content (AvgIpc) is 3.13. The molecule has 4 heterocycles. The van der Waals surface area contributed by atoms with Crippen molar-refractivity contribution in [3.8, 4) is 0 Å². The number of amides is 2. The van der Waals surface area contributed by atoms with Crippen molar-refractivity contribution < 1.29 is 9.59 Å². The van der Waals surface area contributed by atoms with Gasteiger partial charge in [-0.3, -0.25) is 14.6 Å². The van der Waals surface area contributed by atoms with Gasteiger partial charge in [-0.2, -0.15) is 0 Å². The summed E-state index contributed by atoms with van der Waals surface area (Å²) < 4.78 is 0. The maximum atomic E-state index is 12.8. The Labute approximate surface area is 167 Å². The number of piperidine rings is 1. The molecule has 7 heteroatoms. The number of pyridine rings is 2. The Morgan fingerprint density at radius 3 is 2.64 bits per heavy atom. The van der Waals surface area contributed by atoms with Crippen LogP contribution >= 0.6 is 11.3 Å². The third-order valence-electron chi connectivity index (χ3n) is 5.29. The summed E-state index contributed by atoms with van der Waals surface area (Å²) >= 11 is 1.44. The van der Waals surface area contributed by atoms with Crippen LogP contribution < -0.4 is 5.32 Å². The summed E-state index contributed by atoms with van der Waals surface area (Å²) in [5.74, 6) is 0.196. The molecule has 3 aromatic rings. The van der Waals surface area contributed by atoms with E-state index in [0.717, 1.165) is 39.2 Å². The first kappa shape index (κ1) is 18.6. The number of fused-ring (bicyclic) bond motifs is 1. The molecule has 1 N–H and O–H groups in total. The molecule has 0 aromatic carbocycles. The van der Waals surface area contributed by atoms with E-state index in [1.165, 1.54) is 11.3 Å². The molecule has 1 aliphatic rings. The zero-order chi connectivity index (χ0) is 19.7. The highest BCUT2D eigenvalue weighted by Gasteiger charge is 2.30. The monoisotopic (exact) mass is 394 g/mol. The maximum Gasteiger partial charge on any atom is 0.261 e. The number of nitrogens with zero attached hydrogens (tertiary/aromatic N) is 3. The molecule has 4 rings (SSSR count). The highest BCUT2D eigenvalue weighted by molar-refractivity contribution is 7.20. The highest BCUT2D eigenvalue weighted by Crippen LogP contribution is 2.39. The van der Waals surface area contributed by atoms with Crippen LogP contribution in [-0.2, 0) is 0 Å². The van der Waals surface area contributed by atoms with E-state index in [1.54, 1.807) is 19.4 Å². The molecule has 0 radical (unpaired) electrons. The number of likely N-dealkylation sites (tertiary alicyclic amines) is 1. The van der Waals surface area contributed by atoms with Crippen LogP contribution in [0.5, 0.6) is 0 Å². The predicted octanol–water partition coefficient (Wildman–Crippen LogP) is 3.38. The summed E-state index contributed by atoms with van der Waals surface area (Å²) in [7, 11) is 1.65. The maximum absolute atomic E-state index is 12.8. The molecule has 6 nitrogen and oxygen atoms in total. The van der Waals surface area contributed by atoms with Crippen LogP contribution in [0.1, 0.15) is 50.0 Å². The van der Waals surface area contributed by atoms with Gasteiger partial charge in [-0.25, -0.2) is 4.98 Å². The number of aromatic nitrogens is 2. The van der Waals surface area contributed by atoms with Gasteiger partial charge in [0.25, 0.3) is 11.8 Å². The molecule has 28 heavy (non-hydrogen) atoms. The van der Waals surface area contributed by atoms with E-state index in [2.05, 4.69) is 15.3 Å². The number of nitrogens with one attached hydrogen (secondary N) is 1. The Kier molecular flexibility index (Phi) is 5.09. The van der Waals surface area contributed by atoms with Gasteiger partial charge >= 0.3 is 0 Å². The van der Waals surface area contributed by atoms with E-state index in [-0.39, 0.29) is 17.7 Å². The summed E-state index contributed by atoms with van der Waals surface area (Å²) in [6.45, 7) is 3.24. The van der Waals surface area contributed by atoms with Crippen LogP contribution in [0.3, 0.4) is 0 Å². The zero-order valence-electron chi connectivity index (χ0n) is 15.9. The smallest absolute Gasteiger partial charge is 0.261 e. The molecule has 0 saturated carbocycles.